The number of aromatic nitrogens is 1. The van der Waals surface area contributed by atoms with Crippen LogP contribution >= 0.6 is 27.3 Å². The Kier molecular flexibility index (Phi) is 6.14. The Morgan fingerprint density at radius 1 is 1.06 bits per heavy atom. The molecule has 0 fully saturated rings. The van der Waals surface area contributed by atoms with Crippen LogP contribution in [0.4, 0.5) is 5.13 Å². The number of thiazole rings is 1. The molecule has 0 radical (unpaired) electrons. The zero-order valence-corrected chi connectivity index (χ0v) is 22.1. The van der Waals surface area contributed by atoms with Crippen LogP contribution in [0.3, 0.4) is 0 Å². The lowest BCUT2D eigenvalue weighted by Gasteiger charge is -2.23. The second-order valence-corrected chi connectivity index (χ2v) is 10.2. The Hall–Kier alpha value is -3.17. The van der Waals surface area contributed by atoms with Crippen LogP contribution in [0.25, 0.3) is 11.0 Å². The first-order valence-electron chi connectivity index (χ1n) is 11.3. The summed E-state index contributed by atoms with van der Waals surface area (Å²) in [6.07, 6.45) is 0. The summed E-state index contributed by atoms with van der Waals surface area (Å²) in [6.45, 7) is 8.58. The summed E-state index contributed by atoms with van der Waals surface area (Å²) in [4.78, 5) is 34.7. The van der Waals surface area contributed by atoms with Crippen molar-refractivity contribution in [2.24, 2.45) is 0 Å². The van der Waals surface area contributed by atoms with E-state index in [0.717, 1.165) is 15.0 Å². The standard InChI is InChI=1S/C26H23BrN2O5S/c1-5-32-19-9-7-15(11-20(19)33-6-2)22-21-23(30)17-12-16(27)8-10-18(17)34-24(21)25(31)29(22)26-28-13(3)14(4)35-26/h7-12,22H,5-6H2,1-4H3. The zero-order chi connectivity index (χ0) is 24.9. The maximum Gasteiger partial charge on any atom is 0.297 e. The van der Waals surface area contributed by atoms with E-state index in [4.69, 9.17) is 13.9 Å². The van der Waals surface area contributed by atoms with Crippen LogP contribution in [0.1, 0.15) is 52.1 Å². The molecule has 0 saturated heterocycles. The van der Waals surface area contributed by atoms with Crippen LogP contribution in [-0.2, 0) is 0 Å². The molecule has 0 N–H and O–H groups in total. The van der Waals surface area contributed by atoms with E-state index in [9.17, 15) is 9.59 Å². The van der Waals surface area contributed by atoms with Crippen molar-refractivity contribution in [2.75, 3.05) is 18.1 Å². The van der Waals surface area contributed by atoms with Crippen molar-refractivity contribution < 1.29 is 18.7 Å². The molecule has 1 unspecified atom stereocenters. The summed E-state index contributed by atoms with van der Waals surface area (Å²) in [5.41, 5.74) is 1.94. The van der Waals surface area contributed by atoms with Crippen LogP contribution in [0.2, 0.25) is 0 Å². The Bertz CT molecular complexity index is 1510. The Labute approximate surface area is 214 Å². The number of carbonyl (C=O) groups is 1. The zero-order valence-electron chi connectivity index (χ0n) is 19.7. The quantitative estimate of drug-likeness (QED) is 0.283. The minimum atomic E-state index is -0.725. The third-order valence-corrected chi connectivity index (χ3v) is 7.50. The summed E-state index contributed by atoms with van der Waals surface area (Å²) >= 11 is 4.84. The SMILES string of the molecule is CCOc1ccc(C2c3c(oc4ccc(Br)cc4c3=O)C(=O)N2c2nc(C)c(C)s2)cc1OCC. The van der Waals surface area contributed by atoms with Crippen LogP contribution in [0, 0.1) is 13.8 Å². The van der Waals surface area contributed by atoms with Crippen molar-refractivity contribution >= 4 is 49.3 Å². The van der Waals surface area contributed by atoms with Crippen molar-refractivity contribution in [2.45, 2.75) is 33.7 Å². The van der Waals surface area contributed by atoms with E-state index in [1.54, 1.807) is 23.1 Å². The summed E-state index contributed by atoms with van der Waals surface area (Å²) in [6, 6.07) is 9.94. The summed E-state index contributed by atoms with van der Waals surface area (Å²) < 4.78 is 18.3. The molecule has 2 aromatic carbocycles. The molecule has 9 heteroatoms. The van der Waals surface area contributed by atoms with Crippen LogP contribution < -0.4 is 19.8 Å². The van der Waals surface area contributed by atoms with Gasteiger partial charge in [0, 0.05) is 9.35 Å². The predicted octanol–water partition coefficient (Wildman–Crippen LogP) is 6.18. The molecule has 1 aliphatic rings. The topological polar surface area (TPSA) is 81.9 Å². The van der Waals surface area contributed by atoms with Gasteiger partial charge in [0.05, 0.1) is 35.9 Å². The number of anilines is 1. The van der Waals surface area contributed by atoms with Crippen molar-refractivity contribution in [3.63, 3.8) is 0 Å². The highest BCUT2D eigenvalue weighted by atomic mass is 79.9. The van der Waals surface area contributed by atoms with Gasteiger partial charge in [0.15, 0.2) is 22.1 Å². The number of amides is 1. The van der Waals surface area contributed by atoms with Gasteiger partial charge in [0.2, 0.25) is 5.76 Å². The summed E-state index contributed by atoms with van der Waals surface area (Å²) in [5, 5.41) is 0.915. The molecule has 1 atom stereocenters. The van der Waals surface area contributed by atoms with Crippen molar-refractivity contribution in [3.05, 3.63) is 78.6 Å². The molecule has 35 heavy (non-hydrogen) atoms. The van der Waals surface area contributed by atoms with E-state index in [2.05, 4.69) is 20.9 Å². The molecule has 1 aliphatic heterocycles. The molecule has 4 aromatic rings. The fraction of sp³-hybridized carbons (Fsp3) is 0.269. The largest absolute Gasteiger partial charge is 0.490 e. The second-order valence-electron chi connectivity index (χ2n) is 8.10. The number of nitrogens with zero attached hydrogens (tertiary/aromatic N) is 2. The van der Waals surface area contributed by atoms with Gasteiger partial charge in [-0.15, -0.1) is 11.3 Å². The third kappa shape index (κ3) is 3.92. The van der Waals surface area contributed by atoms with Gasteiger partial charge in [-0.1, -0.05) is 22.0 Å². The fourth-order valence-electron chi connectivity index (χ4n) is 4.25. The molecular formula is C26H23BrN2O5S. The van der Waals surface area contributed by atoms with Gasteiger partial charge in [-0.25, -0.2) is 4.98 Å². The summed E-state index contributed by atoms with van der Waals surface area (Å²) in [5.74, 6) is 0.788. The van der Waals surface area contributed by atoms with Crippen LogP contribution in [0.5, 0.6) is 11.5 Å². The highest BCUT2D eigenvalue weighted by molar-refractivity contribution is 9.10. The van der Waals surface area contributed by atoms with E-state index < -0.39 is 11.9 Å². The molecule has 0 bridgehead atoms. The molecule has 2 aromatic heterocycles. The average Bonchev–Trinajstić information content (AvgIpc) is 3.31. The minimum Gasteiger partial charge on any atom is -0.490 e. The number of rotatable bonds is 6. The van der Waals surface area contributed by atoms with Gasteiger partial charge in [-0.3, -0.25) is 14.5 Å². The van der Waals surface area contributed by atoms with E-state index in [0.29, 0.717) is 46.4 Å². The highest BCUT2D eigenvalue weighted by Crippen LogP contribution is 2.44. The van der Waals surface area contributed by atoms with Crippen molar-refractivity contribution in [1.82, 2.24) is 4.98 Å². The number of carbonyl (C=O) groups excluding carboxylic acids is 1. The third-order valence-electron chi connectivity index (χ3n) is 5.94. The number of hydrogen-bond acceptors (Lipinski definition) is 7. The molecule has 0 spiro atoms. The smallest absolute Gasteiger partial charge is 0.297 e. The van der Waals surface area contributed by atoms with E-state index >= 15 is 0 Å². The Morgan fingerprint density at radius 3 is 2.49 bits per heavy atom. The highest BCUT2D eigenvalue weighted by Gasteiger charge is 2.45. The van der Waals surface area contributed by atoms with Gasteiger partial charge < -0.3 is 13.9 Å². The van der Waals surface area contributed by atoms with Crippen molar-refractivity contribution in [1.29, 1.82) is 0 Å². The molecule has 0 saturated carbocycles. The molecule has 180 valence electrons. The summed E-state index contributed by atoms with van der Waals surface area (Å²) in [7, 11) is 0. The van der Waals surface area contributed by atoms with Crippen LogP contribution in [-0.4, -0.2) is 24.1 Å². The molecule has 3 heterocycles. The number of hydrogen-bond donors (Lipinski definition) is 0. The maximum absolute atomic E-state index is 13.8. The monoisotopic (exact) mass is 554 g/mol. The van der Waals surface area contributed by atoms with E-state index in [1.165, 1.54) is 11.3 Å². The van der Waals surface area contributed by atoms with Gasteiger partial charge in [0.25, 0.3) is 5.91 Å². The lowest BCUT2D eigenvalue weighted by molar-refractivity contribution is 0.0971. The lowest BCUT2D eigenvalue weighted by atomic mass is 9.98. The molecular weight excluding hydrogens is 532 g/mol. The minimum absolute atomic E-state index is 0.0344. The number of benzene rings is 2. The number of ether oxygens (including phenoxy) is 2. The van der Waals surface area contributed by atoms with Crippen molar-refractivity contribution in [3.8, 4) is 11.5 Å². The number of fused-ring (bicyclic) bond motifs is 2. The fourth-order valence-corrected chi connectivity index (χ4v) is 5.55. The second kappa shape index (κ2) is 9.13. The van der Waals surface area contributed by atoms with Crippen LogP contribution in [0.15, 0.2) is 50.1 Å². The number of halogens is 1. The van der Waals surface area contributed by atoms with Gasteiger partial charge in [0.1, 0.15) is 5.58 Å². The Balaban J connectivity index is 1.78. The predicted molar refractivity (Wildman–Crippen MR) is 139 cm³/mol. The first-order chi connectivity index (χ1) is 16.8. The first kappa shape index (κ1) is 23.6. The first-order valence-corrected chi connectivity index (χ1v) is 12.9. The van der Waals surface area contributed by atoms with E-state index in [-0.39, 0.29) is 16.8 Å². The molecule has 0 aliphatic carbocycles. The Morgan fingerprint density at radius 2 is 1.80 bits per heavy atom. The molecule has 5 rings (SSSR count). The maximum atomic E-state index is 13.8. The molecule has 1 amide bonds. The number of aryl methyl sites for hydroxylation is 2. The average molecular weight is 555 g/mol. The van der Waals surface area contributed by atoms with Gasteiger partial charge >= 0.3 is 0 Å². The normalized spacial score (nSPS) is 15.1. The van der Waals surface area contributed by atoms with E-state index in [1.807, 2.05) is 45.9 Å². The van der Waals surface area contributed by atoms with Gasteiger partial charge in [-0.2, -0.15) is 0 Å². The molecule has 7 nitrogen and oxygen atoms in total. The van der Waals surface area contributed by atoms with Gasteiger partial charge in [-0.05, 0) is 63.6 Å². The lowest BCUT2D eigenvalue weighted by Crippen LogP contribution is -2.29.